The van der Waals surface area contributed by atoms with Crippen LogP contribution in [0.5, 0.6) is 0 Å². The van der Waals surface area contributed by atoms with Gasteiger partial charge in [-0.2, -0.15) is 0 Å². The van der Waals surface area contributed by atoms with Crippen molar-refractivity contribution in [3.8, 4) is 11.1 Å². The molecule has 0 saturated carbocycles. The van der Waals surface area contributed by atoms with Crippen LogP contribution in [0, 0.1) is 10.1 Å². The summed E-state index contributed by atoms with van der Waals surface area (Å²) >= 11 is 5.97. The number of carboxylic acid groups (broad SMARTS) is 1. The quantitative estimate of drug-likeness (QED) is 0.568. The van der Waals surface area contributed by atoms with Crippen LogP contribution in [0.15, 0.2) is 46.9 Å². The van der Waals surface area contributed by atoms with Crippen molar-refractivity contribution in [1.82, 2.24) is 0 Å². The molecule has 2 aromatic carbocycles. The van der Waals surface area contributed by atoms with E-state index in [1.807, 2.05) is 0 Å². The molecule has 7 heteroatoms. The first-order valence-corrected chi connectivity index (χ1v) is 7.01. The molecule has 3 aromatic rings. The van der Waals surface area contributed by atoms with Crippen LogP contribution in [0.1, 0.15) is 5.56 Å². The van der Waals surface area contributed by atoms with E-state index in [0.29, 0.717) is 32.7 Å². The lowest BCUT2D eigenvalue weighted by atomic mass is 10.0. The SMILES string of the molecule is O=C(O)Cc1ccc2oc([N+](=O)[O-])c(-c3cccc(Cl)c3)c2c1. The smallest absolute Gasteiger partial charge is 0.442 e. The highest BCUT2D eigenvalue weighted by Crippen LogP contribution is 2.40. The van der Waals surface area contributed by atoms with E-state index in [2.05, 4.69) is 0 Å². The second-order valence-electron chi connectivity index (χ2n) is 4.95. The zero-order valence-corrected chi connectivity index (χ0v) is 12.4. The van der Waals surface area contributed by atoms with Gasteiger partial charge in [0.15, 0.2) is 0 Å². The summed E-state index contributed by atoms with van der Waals surface area (Å²) in [6.07, 6.45) is -0.177. The Morgan fingerprint density at radius 1 is 1.26 bits per heavy atom. The van der Waals surface area contributed by atoms with Gasteiger partial charge >= 0.3 is 11.9 Å². The number of rotatable bonds is 4. The van der Waals surface area contributed by atoms with Gasteiger partial charge < -0.3 is 9.52 Å². The second-order valence-corrected chi connectivity index (χ2v) is 5.39. The Balaban J connectivity index is 2.29. The topological polar surface area (TPSA) is 93.6 Å². The molecule has 1 heterocycles. The number of aliphatic carboxylic acids is 1. The van der Waals surface area contributed by atoms with Gasteiger partial charge in [-0.3, -0.25) is 14.9 Å². The van der Waals surface area contributed by atoms with Crippen LogP contribution in [0.2, 0.25) is 5.02 Å². The molecule has 0 aliphatic carbocycles. The molecule has 0 amide bonds. The molecular weight excluding hydrogens is 322 g/mol. The largest absolute Gasteiger partial charge is 0.481 e. The minimum atomic E-state index is -0.980. The molecule has 6 nitrogen and oxygen atoms in total. The molecule has 23 heavy (non-hydrogen) atoms. The number of carboxylic acids is 1. The van der Waals surface area contributed by atoms with E-state index in [0.717, 1.165) is 0 Å². The Kier molecular flexibility index (Phi) is 3.75. The number of nitro groups is 1. The Hall–Kier alpha value is -2.86. The lowest BCUT2D eigenvalue weighted by molar-refractivity contribution is -0.400. The van der Waals surface area contributed by atoms with E-state index in [1.54, 1.807) is 36.4 Å². The van der Waals surface area contributed by atoms with E-state index in [1.165, 1.54) is 6.07 Å². The third-order valence-electron chi connectivity index (χ3n) is 3.37. The number of benzene rings is 2. The highest BCUT2D eigenvalue weighted by molar-refractivity contribution is 6.31. The van der Waals surface area contributed by atoms with Crippen LogP contribution in [0.4, 0.5) is 5.88 Å². The van der Waals surface area contributed by atoms with E-state index in [-0.39, 0.29) is 6.42 Å². The van der Waals surface area contributed by atoms with Crippen LogP contribution in [-0.4, -0.2) is 16.0 Å². The van der Waals surface area contributed by atoms with Gasteiger partial charge in [-0.25, -0.2) is 0 Å². The molecule has 0 spiro atoms. The van der Waals surface area contributed by atoms with Crippen LogP contribution in [0.25, 0.3) is 22.1 Å². The van der Waals surface area contributed by atoms with Gasteiger partial charge in [-0.05, 0) is 35.4 Å². The monoisotopic (exact) mass is 331 g/mol. The highest BCUT2D eigenvalue weighted by Gasteiger charge is 2.25. The molecule has 0 aliphatic heterocycles. The van der Waals surface area contributed by atoms with Crippen LogP contribution >= 0.6 is 11.6 Å². The van der Waals surface area contributed by atoms with Crippen molar-refractivity contribution in [3.05, 3.63) is 63.2 Å². The molecule has 0 aliphatic rings. The number of furan rings is 1. The van der Waals surface area contributed by atoms with Gasteiger partial charge in [0.2, 0.25) is 0 Å². The molecule has 0 saturated heterocycles. The molecule has 0 atom stereocenters. The normalized spacial score (nSPS) is 10.8. The molecular formula is C16H10ClNO5. The van der Waals surface area contributed by atoms with Gasteiger partial charge in [0.25, 0.3) is 0 Å². The number of halogens is 1. The van der Waals surface area contributed by atoms with Crippen molar-refractivity contribution in [3.63, 3.8) is 0 Å². The number of nitrogens with zero attached hydrogens (tertiary/aromatic N) is 1. The summed E-state index contributed by atoms with van der Waals surface area (Å²) in [5.41, 5.74) is 1.68. The average molecular weight is 332 g/mol. The summed E-state index contributed by atoms with van der Waals surface area (Å²) in [6, 6.07) is 11.3. The molecule has 3 rings (SSSR count). The zero-order chi connectivity index (χ0) is 16.6. The van der Waals surface area contributed by atoms with Gasteiger partial charge in [0.1, 0.15) is 16.1 Å². The van der Waals surface area contributed by atoms with Crippen molar-refractivity contribution in [2.75, 3.05) is 0 Å². The average Bonchev–Trinajstić information content (AvgIpc) is 2.85. The van der Waals surface area contributed by atoms with Crippen molar-refractivity contribution in [2.45, 2.75) is 6.42 Å². The van der Waals surface area contributed by atoms with Crippen molar-refractivity contribution >= 4 is 34.4 Å². The zero-order valence-electron chi connectivity index (χ0n) is 11.7. The Morgan fingerprint density at radius 3 is 2.70 bits per heavy atom. The number of hydrogen-bond donors (Lipinski definition) is 1. The fourth-order valence-electron chi connectivity index (χ4n) is 2.47. The van der Waals surface area contributed by atoms with Crippen molar-refractivity contribution in [1.29, 1.82) is 0 Å². The van der Waals surface area contributed by atoms with Gasteiger partial charge in [0, 0.05) is 10.4 Å². The maximum absolute atomic E-state index is 11.3. The van der Waals surface area contributed by atoms with Crippen molar-refractivity contribution in [2.24, 2.45) is 0 Å². The third kappa shape index (κ3) is 2.89. The van der Waals surface area contributed by atoms with Gasteiger partial charge in [-0.15, -0.1) is 0 Å². The fourth-order valence-corrected chi connectivity index (χ4v) is 2.66. The van der Waals surface area contributed by atoms with Crippen LogP contribution in [-0.2, 0) is 11.2 Å². The first kappa shape index (κ1) is 15.1. The van der Waals surface area contributed by atoms with Crippen LogP contribution < -0.4 is 0 Å². The summed E-state index contributed by atoms with van der Waals surface area (Å²) in [7, 11) is 0. The molecule has 1 N–H and O–H groups in total. The summed E-state index contributed by atoms with van der Waals surface area (Å²) in [4.78, 5) is 21.6. The van der Waals surface area contributed by atoms with E-state index in [9.17, 15) is 14.9 Å². The molecule has 0 bridgehead atoms. The molecule has 116 valence electrons. The minimum absolute atomic E-state index is 0.177. The number of fused-ring (bicyclic) bond motifs is 1. The molecule has 0 radical (unpaired) electrons. The first-order chi connectivity index (χ1) is 11.0. The van der Waals surface area contributed by atoms with E-state index >= 15 is 0 Å². The fraction of sp³-hybridized carbons (Fsp3) is 0.0625. The molecule has 1 aromatic heterocycles. The van der Waals surface area contributed by atoms with E-state index in [4.69, 9.17) is 21.1 Å². The Labute approximate surface area is 135 Å². The minimum Gasteiger partial charge on any atom is -0.481 e. The Bertz CT molecular complexity index is 931. The Morgan fingerprint density at radius 2 is 2.04 bits per heavy atom. The second kappa shape index (κ2) is 5.73. The van der Waals surface area contributed by atoms with Gasteiger partial charge in [0.05, 0.1) is 6.42 Å². The summed E-state index contributed by atoms with van der Waals surface area (Å²) in [6.45, 7) is 0. The highest BCUT2D eigenvalue weighted by atomic mass is 35.5. The lowest BCUT2D eigenvalue weighted by Gasteiger charge is -2.01. The lowest BCUT2D eigenvalue weighted by Crippen LogP contribution is -1.99. The third-order valence-corrected chi connectivity index (χ3v) is 3.60. The predicted octanol–water partition coefficient (Wildman–Crippen LogP) is 4.29. The maximum Gasteiger partial charge on any atom is 0.442 e. The number of carbonyl (C=O) groups is 1. The molecule has 0 fully saturated rings. The van der Waals surface area contributed by atoms with E-state index < -0.39 is 16.8 Å². The standard InChI is InChI=1S/C16H10ClNO5/c17-11-3-1-2-10(8-11)15-12-6-9(7-14(19)20)4-5-13(12)23-16(15)18(21)22/h1-6,8H,7H2,(H,19,20). The van der Waals surface area contributed by atoms with Crippen LogP contribution in [0.3, 0.4) is 0 Å². The summed E-state index contributed by atoms with van der Waals surface area (Å²) in [5, 5.41) is 21.1. The number of hydrogen-bond acceptors (Lipinski definition) is 4. The van der Waals surface area contributed by atoms with Crippen molar-refractivity contribution < 1.29 is 19.2 Å². The van der Waals surface area contributed by atoms with Gasteiger partial charge in [-0.1, -0.05) is 29.8 Å². The first-order valence-electron chi connectivity index (χ1n) is 6.63. The predicted molar refractivity (Wildman–Crippen MR) is 84.7 cm³/mol. The molecule has 0 unspecified atom stereocenters. The summed E-state index contributed by atoms with van der Waals surface area (Å²) in [5.74, 6) is -1.37. The summed E-state index contributed by atoms with van der Waals surface area (Å²) < 4.78 is 5.33. The maximum atomic E-state index is 11.3.